The number of nitrogens with zero attached hydrogens (tertiary/aromatic N) is 2. The van der Waals surface area contributed by atoms with E-state index < -0.39 is 10.5 Å². The van der Waals surface area contributed by atoms with Crippen molar-refractivity contribution in [2.75, 3.05) is 0 Å². The summed E-state index contributed by atoms with van der Waals surface area (Å²) in [7, 11) is 0. The largest absolute Gasteiger partial charge is 0.347 e. The summed E-state index contributed by atoms with van der Waals surface area (Å²) in [5.41, 5.74) is 3.19. The summed E-state index contributed by atoms with van der Waals surface area (Å²) in [6.45, 7) is 9.64. The second-order valence-electron chi connectivity index (χ2n) is 6.93. The molecule has 0 radical (unpaired) electrons. The van der Waals surface area contributed by atoms with E-state index in [1.165, 1.54) is 12.1 Å². The molecule has 0 bridgehead atoms. The maximum absolute atomic E-state index is 12.5. The average molecular weight is 344 g/mol. The fraction of sp³-hybridized carbons (Fsp3) is 0.444. The maximum Gasteiger partial charge on any atom is 0.269 e. The molecular formula is C18H24N4O3. The van der Waals surface area contributed by atoms with Gasteiger partial charge in [-0.1, -0.05) is 6.92 Å². The Kier molecular flexibility index (Phi) is 5.25. The van der Waals surface area contributed by atoms with Gasteiger partial charge in [-0.3, -0.25) is 20.0 Å². The summed E-state index contributed by atoms with van der Waals surface area (Å²) < 4.78 is 0. The van der Waals surface area contributed by atoms with Crippen LogP contribution in [0.25, 0.3) is 0 Å². The van der Waals surface area contributed by atoms with Crippen LogP contribution in [0, 0.1) is 24.0 Å². The van der Waals surface area contributed by atoms with Gasteiger partial charge in [0, 0.05) is 24.2 Å². The number of carbonyl (C=O) groups is 1. The normalized spacial score (nSPS) is 12.7. The molecule has 2 aromatic rings. The van der Waals surface area contributed by atoms with Crippen LogP contribution in [0.5, 0.6) is 0 Å². The molecule has 1 amide bonds. The first-order chi connectivity index (χ1) is 11.6. The minimum Gasteiger partial charge on any atom is -0.347 e. The molecule has 0 spiro atoms. The highest BCUT2D eigenvalue weighted by molar-refractivity contribution is 5.78. The standard InChI is InChI=1S/C18H24N4O3/c1-11(17-12(2)20-21-13(17)3)10-16(23)19-18(4,5)14-6-8-15(9-7-14)22(24)25/h6-9,11H,10H2,1-5H3,(H,19,23)(H,20,21)/t11-/m1/s1. The fourth-order valence-corrected chi connectivity index (χ4v) is 3.14. The van der Waals surface area contributed by atoms with E-state index in [1.54, 1.807) is 12.1 Å². The fourth-order valence-electron chi connectivity index (χ4n) is 3.14. The Hall–Kier alpha value is -2.70. The van der Waals surface area contributed by atoms with Crippen LogP contribution < -0.4 is 5.32 Å². The molecule has 0 saturated carbocycles. The van der Waals surface area contributed by atoms with Crippen LogP contribution in [-0.4, -0.2) is 21.0 Å². The summed E-state index contributed by atoms with van der Waals surface area (Å²) in [5, 5.41) is 20.9. The highest BCUT2D eigenvalue weighted by atomic mass is 16.6. The summed E-state index contributed by atoms with van der Waals surface area (Å²) in [6.07, 6.45) is 0.345. The third-order valence-corrected chi connectivity index (χ3v) is 4.42. The molecule has 2 rings (SSSR count). The molecule has 0 aliphatic rings. The quantitative estimate of drug-likeness (QED) is 0.619. The number of nitro benzene ring substituents is 1. The predicted molar refractivity (Wildman–Crippen MR) is 95.4 cm³/mol. The van der Waals surface area contributed by atoms with Gasteiger partial charge in [0.2, 0.25) is 5.91 Å². The van der Waals surface area contributed by atoms with Gasteiger partial charge in [-0.2, -0.15) is 5.10 Å². The number of H-pyrrole nitrogens is 1. The van der Waals surface area contributed by atoms with Crippen LogP contribution in [0.3, 0.4) is 0 Å². The van der Waals surface area contributed by atoms with Crippen LogP contribution in [0.1, 0.15) is 55.6 Å². The molecule has 0 fully saturated rings. The number of benzene rings is 1. The van der Waals surface area contributed by atoms with Crippen molar-refractivity contribution < 1.29 is 9.72 Å². The van der Waals surface area contributed by atoms with Crippen molar-refractivity contribution in [2.24, 2.45) is 0 Å². The van der Waals surface area contributed by atoms with Gasteiger partial charge in [0.05, 0.1) is 16.2 Å². The average Bonchev–Trinajstić information content (AvgIpc) is 2.85. The number of nitrogens with one attached hydrogen (secondary N) is 2. The highest BCUT2D eigenvalue weighted by Crippen LogP contribution is 2.26. The topological polar surface area (TPSA) is 101 Å². The zero-order valence-corrected chi connectivity index (χ0v) is 15.2. The molecule has 0 aliphatic heterocycles. The summed E-state index contributed by atoms with van der Waals surface area (Å²) >= 11 is 0. The molecule has 0 unspecified atom stereocenters. The van der Waals surface area contributed by atoms with Crippen LogP contribution in [0.15, 0.2) is 24.3 Å². The maximum atomic E-state index is 12.5. The minimum absolute atomic E-state index is 0.0328. The zero-order valence-electron chi connectivity index (χ0n) is 15.2. The molecule has 134 valence electrons. The van der Waals surface area contributed by atoms with Crippen LogP contribution in [-0.2, 0) is 10.3 Å². The third-order valence-electron chi connectivity index (χ3n) is 4.42. The Bertz CT molecular complexity index is 759. The van der Waals surface area contributed by atoms with Gasteiger partial charge in [-0.05, 0) is 56.9 Å². The Morgan fingerprint density at radius 1 is 1.32 bits per heavy atom. The van der Waals surface area contributed by atoms with Crippen molar-refractivity contribution in [3.63, 3.8) is 0 Å². The lowest BCUT2D eigenvalue weighted by Gasteiger charge is -2.27. The first kappa shape index (κ1) is 18.6. The van der Waals surface area contributed by atoms with E-state index >= 15 is 0 Å². The van der Waals surface area contributed by atoms with E-state index in [-0.39, 0.29) is 17.5 Å². The van der Waals surface area contributed by atoms with Gasteiger partial charge >= 0.3 is 0 Å². The van der Waals surface area contributed by atoms with Crippen molar-refractivity contribution in [1.82, 2.24) is 15.5 Å². The van der Waals surface area contributed by atoms with Crippen molar-refractivity contribution in [2.45, 2.75) is 52.5 Å². The van der Waals surface area contributed by atoms with E-state index in [0.717, 1.165) is 22.5 Å². The number of nitro groups is 1. The number of aromatic amines is 1. The Balaban J connectivity index is 2.06. The molecule has 2 N–H and O–H groups in total. The number of aromatic nitrogens is 2. The number of hydrogen-bond acceptors (Lipinski definition) is 4. The van der Waals surface area contributed by atoms with Gasteiger partial charge in [0.15, 0.2) is 0 Å². The van der Waals surface area contributed by atoms with E-state index in [1.807, 2.05) is 34.6 Å². The zero-order chi connectivity index (χ0) is 18.8. The number of non-ortho nitro benzene ring substituents is 1. The van der Waals surface area contributed by atoms with Gasteiger partial charge in [0.25, 0.3) is 5.69 Å². The molecule has 0 saturated heterocycles. The monoisotopic (exact) mass is 344 g/mol. The second-order valence-corrected chi connectivity index (χ2v) is 6.93. The molecule has 1 aromatic carbocycles. The predicted octanol–water partition coefficient (Wildman–Crippen LogP) is 3.48. The molecule has 1 atom stereocenters. The van der Waals surface area contributed by atoms with Crippen LogP contribution in [0.2, 0.25) is 0 Å². The van der Waals surface area contributed by atoms with Gasteiger partial charge in [-0.25, -0.2) is 0 Å². The first-order valence-corrected chi connectivity index (χ1v) is 8.19. The second kappa shape index (κ2) is 7.04. The van der Waals surface area contributed by atoms with Crippen LogP contribution >= 0.6 is 0 Å². The van der Waals surface area contributed by atoms with Crippen molar-refractivity contribution in [3.05, 3.63) is 56.9 Å². The Morgan fingerprint density at radius 3 is 2.40 bits per heavy atom. The summed E-state index contributed by atoms with van der Waals surface area (Å²) in [5.74, 6) is -0.0257. The Morgan fingerprint density at radius 2 is 1.92 bits per heavy atom. The lowest BCUT2D eigenvalue weighted by atomic mass is 9.92. The molecular weight excluding hydrogens is 320 g/mol. The number of carbonyl (C=O) groups excluding carboxylic acids is 1. The number of amides is 1. The van der Waals surface area contributed by atoms with Crippen LogP contribution in [0.4, 0.5) is 5.69 Å². The van der Waals surface area contributed by atoms with E-state index in [4.69, 9.17) is 0 Å². The van der Waals surface area contributed by atoms with Crippen molar-refractivity contribution in [3.8, 4) is 0 Å². The Labute approximate surface area is 147 Å². The summed E-state index contributed by atoms with van der Waals surface area (Å²) in [6, 6.07) is 6.24. The third kappa shape index (κ3) is 4.23. The smallest absolute Gasteiger partial charge is 0.269 e. The van der Waals surface area contributed by atoms with Crippen molar-refractivity contribution in [1.29, 1.82) is 0 Å². The number of rotatable bonds is 6. The molecule has 7 nitrogen and oxygen atoms in total. The van der Waals surface area contributed by atoms with Gasteiger partial charge in [-0.15, -0.1) is 0 Å². The molecule has 25 heavy (non-hydrogen) atoms. The highest BCUT2D eigenvalue weighted by Gasteiger charge is 2.25. The molecule has 1 aromatic heterocycles. The lowest BCUT2D eigenvalue weighted by molar-refractivity contribution is -0.384. The van der Waals surface area contributed by atoms with E-state index in [2.05, 4.69) is 15.5 Å². The van der Waals surface area contributed by atoms with E-state index in [9.17, 15) is 14.9 Å². The summed E-state index contributed by atoms with van der Waals surface area (Å²) in [4.78, 5) is 22.8. The molecule has 0 aliphatic carbocycles. The van der Waals surface area contributed by atoms with Gasteiger partial charge in [0.1, 0.15) is 0 Å². The SMILES string of the molecule is Cc1n[nH]c(C)c1[C@H](C)CC(=O)NC(C)(C)c1ccc([N+](=O)[O-])cc1. The molecule has 1 heterocycles. The lowest BCUT2D eigenvalue weighted by Crippen LogP contribution is -2.41. The number of aryl methyl sites for hydroxylation is 2. The first-order valence-electron chi connectivity index (χ1n) is 8.19. The van der Waals surface area contributed by atoms with Gasteiger partial charge < -0.3 is 5.32 Å². The van der Waals surface area contributed by atoms with Crippen molar-refractivity contribution >= 4 is 11.6 Å². The van der Waals surface area contributed by atoms with E-state index in [0.29, 0.717) is 6.42 Å². The molecule has 7 heteroatoms. The minimum atomic E-state index is -0.619. The number of hydrogen-bond donors (Lipinski definition) is 2.